The molecule has 2 aliphatic rings. The van der Waals surface area contributed by atoms with Gasteiger partial charge >= 0.3 is 5.97 Å². The van der Waals surface area contributed by atoms with Gasteiger partial charge in [-0.2, -0.15) is 0 Å². The monoisotopic (exact) mass is 364 g/mol. The van der Waals surface area contributed by atoms with Crippen LogP contribution >= 0.6 is 0 Å². The maximum Gasteiger partial charge on any atom is 0.339 e. The van der Waals surface area contributed by atoms with Gasteiger partial charge in [-0.3, -0.25) is 4.90 Å². The molecule has 0 aliphatic carbocycles. The maximum atomic E-state index is 11.9. The van der Waals surface area contributed by atoms with Crippen LogP contribution in [0.25, 0.3) is 0 Å². The molecule has 2 heterocycles. The molecule has 0 bridgehead atoms. The molecule has 4 rings (SSSR count). The number of piperazine rings is 1. The predicted octanol–water partition coefficient (Wildman–Crippen LogP) is 4.12. The molecule has 27 heavy (non-hydrogen) atoms. The largest absolute Gasteiger partial charge is 0.454 e. The van der Waals surface area contributed by atoms with Gasteiger partial charge in [-0.05, 0) is 62.6 Å². The topological polar surface area (TPSA) is 32.8 Å². The second kappa shape index (κ2) is 7.73. The molecule has 0 saturated carbocycles. The Labute approximate surface area is 161 Å². The summed E-state index contributed by atoms with van der Waals surface area (Å²) in [5.41, 5.74) is 5.85. The minimum atomic E-state index is -0.169. The molecule has 1 unspecified atom stereocenters. The standard InChI is InChI=1S/C23H28N2O2/c1-17-9-10-19(16-18(17)2)25-14-12-24(13-15-25)11-5-8-22-20-6-3-4-7-21(20)23(26)27-22/h3-4,6-7,9-10,16,22H,5,8,11-15H2,1-2H3. The number of benzene rings is 2. The molecule has 1 atom stereocenters. The van der Waals surface area contributed by atoms with E-state index in [9.17, 15) is 4.79 Å². The summed E-state index contributed by atoms with van der Waals surface area (Å²) in [7, 11) is 0. The first-order valence-electron chi connectivity index (χ1n) is 9.96. The Hall–Kier alpha value is -2.33. The molecule has 2 aromatic rings. The van der Waals surface area contributed by atoms with Crippen LogP contribution in [0, 0.1) is 13.8 Å². The molecule has 4 heteroatoms. The number of hydrogen-bond acceptors (Lipinski definition) is 4. The van der Waals surface area contributed by atoms with Crippen LogP contribution in [0.2, 0.25) is 0 Å². The number of fused-ring (bicyclic) bond motifs is 1. The fourth-order valence-corrected chi connectivity index (χ4v) is 4.09. The van der Waals surface area contributed by atoms with Crippen LogP contribution in [0.5, 0.6) is 0 Å². The molecule has 2 aromatic carbocycles. The maximum absolute atomic E-state index is 11.9. The number of anilines is 1. The summed E-state index contributed by atoms with van der Waals surface area (Å²) in [4.78, 5) is 16.9. The lowest BCUT2D eigenvalue weighted by Gasteiger charge is -2.36. The average Bonchev–Trinajstić information content (AvgIpc) is 3.01. The van der Waals surface area contributed by atoms with Gasteiger partial charge in [0.1, 0.15) is 6.10 Å². The Morgan fingerprint density at radius 3 is 2.56 bits per heavy atom. The third-order valence-corrected chi connectivity index (χ3v) is 5.95. The van der Waals surface area contributed by atoms with Crippen molar-refractivity contribution >= 4 is 11.7 Å². The average molecular weight is 364 g/mol. The summed E-state index contributed by atoms with van der Waals surface area (Å²) in [6, 6.07) is 14.5. The highest BCUT2D eigenvalue weighted by atomic mass is 16.5. The van der Waals surface area contributed by atoms with Crippen molar-refractivity contribution in [1.29, 1.82) is 0 Å². The van der Waals surface area contributed by atoms with Crippen LogP contribution in [-0.4, -0.2) is 43.6 Å². The van der Waals surface area contributed by atoms with Crippen LogP contribution in [0.1, 0.15) is 46.0 Å². The van der Waals surface area contributed by atoms with Gasteiger partial charge in [0.2, 0.25) is 0 Å². The Balaban J connectivity index is 1.25. The van der Waals surface area contributed by atoms with E-state index in [0.29, 0.717) is 0 Å². The number of carbonyl (C=O) groups is 1. The van der Waals surface area contributed by atoms with Crippen molar-refractivity contribution in [1.82, 2.24) is 4.90 Å². The molecule has 0 amide bonds. The van der Waals surface area contributed by atoms with Crippen LogP contribution in [0.3, 0.4) is 0 Å². The zero-order chi connectivity index (χ0) is 18.8. The number of carbonyl (C=O) groups excluding carboxylic acids is 1. The van der Waals surface area contributed by atoms with Gasteiger partial charge in [0.05, 0.1) is 5.56 Å². The smallest absolute Gasteiger partial charge is 0.339 e. The molecule has 1 saturated heterocycles. The SMILES string of the molecule is Cc1ccc(N2CCN(CCCC3OC(=O)c4ccccc43)CC2)cc1C. The van der Waals surface area contributed by atoms with Crippen molar-refractivity contribution < 1.29 is 9.53 Å². The molecule has 4 nitrogen and oxygen atoms in total. The van der Waals surface area contributed by atoms with Crippen molar-refractivity contribution in [3.8, 4) is 0 Å². The van der Waals surface area contributed by atoms with Gasteiger partial charge in [0.25, 0.3) is 0 Å². The van der Waals surface area contributed by atoms with E-state index < -0.39 is 0 Å². The van der Waals surface area contributed by atoms with E-state index in [1.807, 2.05) is 24.3 Å². The fourth-order valence-electron chi connectivity index (χ4n) is 4.09. The number of ether oxygens (including phenoxy) is 1. The molecule has 142 valence electrons. The zero-order valence-electron chi connectivity index (χ0n) is 16.3. The molecule has 0 spiro atoms. The van der Waals surface area contributed by atoms with Crippen molar-refractivity contribution in [2.45, 2.75) is 32.8 Å². The van der Waals surface area contributed by atoms with Crippen LogP contribution in [0.4, 0.5) is 5.69 Å². The van der Waals surface area contributed by atoms with Crippen LogP contribution < -0.4 is 4.90 Å². The first-order valence-corrected chi connectivity index (χ1v) is 9.96. The molecule has 0 aromatic heterocycles. The number of cyclic esters (lactones) is 1. The summed E-state index contributed by atoms with van der Waals surface area (Å²) < 4.78 is 5.55. The van der Waals surface area contributed by atoms with Crippen molar-refractivity contribution in [2.75, 3.05) is 37.6 Å². The van der Waals surface area contributed by atoms with Gasteiger partial charge in [-0.15, -0.1) is 0 Å². The van der Waals surface area contributed by atoms with Crippen molar-refractivity contribution in [3.63, 3.8) is 0 Å². The van der Waals surface area contributed by atoms with Crippen LogP contribution in [-0.2, 0) is 4.74 Å². The normalized spacial score (nSPS) is 19.9. The number of aryl methyl sites for hydroxylation is 2. The molecule has 0 N–H and O–H groups in total. The summed E-state index contributed by atoms with van der Waals surface area (Å²) in [6.45, 7) is 9.74. The first kappa shape index (κ1) is 18.1. The lowest BCUT2D eigenvalue weighted by molar-refractivity contribution is 0.0358. The Morgan fingerprint density at radius 1 is 1.00 bits per heavy atom. The third-order valence-electron chi connectivity index (χ3n) is 5.95. The lowest BCUT2D eigenvalue weighted by Crippen LogP contribution is -2.46. The van der Waals surface area contributed by atoms with Gasteiger partial charge in [-0.1, -0.05) is 24.3 Å². The van der Waals surface area contributed by atoms with E-state index in [-0.39, 0.29) is 12.1 Å². The van der Waals surface area contributed by atoms with Gasteiger partial charge in [-0.25, -0.2) is 4.79 Å². The number of esters is 1. The van der Waals surface area contributed by atoms with Crippen molar-refractivity contribution in [3.05, 3.63) is 64.7 Å². The summed E-state index contributed by atoms with van der Waals surface area (Å²) in [6.07, 6.45) is 1.89. The second-order valence-corrected chi connectivity index (χ2v) is 7.72. The number of hydrogen-bond donors (Lipinski definition) is 0. The highest BCUT2D eigenvalue weighted by molar-refractivity contribution is 5.93. The Kier molecular flexibility index (Phi) is 5.17. The molecule has 1 fully saturated rings. The van der Waals surface area contributed by atoms with E-state index in [0.717, 1.165) is 56.7 Å². The number of rotatable bonds is 5. The van der Waals surface area contributed by atoms with Gasteiger partial charge < -0.3 is 9.64 Å². The van der Waals surface area contributed by atoms with Gasteiger partial charge in [0, 0.05) is 37.4 Å². The highest BCUT2D eigenvalue weighted by Gasteiger charge is 2.30. The van der Waals surface area contributed by atoms with E-state index in [1.54, 1.807) is 0 Å². The van der Waals surface area contributed by atoms with E-state index >= 15 is 0 Å². The lowest BCUT2D eigenvalue weighted by atomic mass is 10.0. The summed E-state index contributed by atoms with van der Waals surface area (Å²) >= 11 is 0. The van der Waals surface area contributed by atoms with Crippen molar-refractivity contribution in [2.24, 2.45) is 0 Å². The van der Waals surface area contributed by atoms with E-state index in [1.165, 1.54) is 16.8 Å². The summed E-state index contributed by atoms with van der Waals surface area (Å²) in [5, 5.41) is 0. The molecular formula is C23H28N2O2. The first-order chi connectivity index (χ1) is 13.1. The van der Waals surface area contributed by atoms with E-state index in [4.69, 9.17) is 4.74 Å². The molecular weight excluding hydrogens is 336 g/mol. The second-order valence-electron chi connectivity index (χ2n) is 7.72. The quantitative estimate of drug-likeness (QED) is 0.747. The summed E-state index contributed by atoms with van der Waals surface area (Å²) in [5.74, 6) is -0.169. The van der Waals surface area contributed by atoms with E-state index in [2.05, 4.69) is 41.8 Å². The molecule has 2 aliphatic heterocycles. The predicted molar refractivity (Wildman–Crippen MR) is 108 cm³/mol. The fraction of sp³-hybridized carbons (Fsp3) is 0.435. The zero-order valence-corrected chi connectivity index (χ0v) is 16.3. The highest BCUT2D eigenvalue weighted by Crippen LogP contribution is 2.33. The van der Waals surface area contributed by atoms with Crippen LogP contribution in [0.15, 0.2) is 42.5 Å². The Bertz CT molecular complexity index is 825. The third kappa shape index (κ3) is 3.86. The number of nitrogens with zero attached hydrogens (tertiary/aromatic N) is 2. The minimum absolute atomic E-state index is 0.0643. The molecule has 0 radical (unpaired) electrons. The minimum Gasteiger partial charge on any atom is -0.454 e. The van der Waals surface area contributed by atoms with Gasteiger partial charge in [0.15, 0.2) is 0 Å². The Morgan fingerprint density at radius 2 is 1.78 bits per heavy atom.